The van der Waals surface area contributed by atoms with Crippen LogP contribution in [0.2, 0.25) is 0 Å². The Hall–Kier alpha value is -1.35. The van der Waals surface area contributed by atoms with Gasteiger partial charge in [0.15, 0.2) is 0 Å². The van der Waals surface area contributed by atoms with Crippen molar-refractivity contribution in [3.05, 3.63) is 35.9 Å². The first kappa shape index (κ1) is 15.0. The van der Waals surface area contributed by atoms with E-state index in [4.69, 9.17) is 0 Å². The number of carbonyl (C=O) groups excluding carboxylic acids is 1. The van der Waals surface area contributed by atoms with Crippen LogP contribution in [0.3, 0.4) is 0 Å². The number of carbonyl (C=O) groups is 1. The van der Waals surface area contributed by atoms with Gasteiger partial charge in [0.1, 0.15) is 0 Å². The monoisotopic (exact) mass is 274 g/mol. The molecule has 1 heterocycles. The Labute approximate surface area is 122 Å². The Morgan fingerprint density at radius 3 is 2.40 bits per heavy atom. The molecule has 1 atom stereocenters. The molecule has 3 heteroatoms. The number of rotatable bonds is 5. The summed E-state index contributed by atoms with van der Waals surface area (Å²) < 4.78 is 0. The zero-order valence-electron chi connectivity index (χ0n) is 12.7. The molecule has 20 heavy (non-hydrogen) atoms. The Balaban J connectivity index is 1.83. The fourth-order valence-corrected chi connectivity index (χ4v) is 2.79. The molecule has 0 aliphatic carbocycles. The number of piperazine rings is 1. The quantitative estimate of drug-likeness (QED) is 0.824. The molecule has 0 radical (unpaired) electrons. The minimum Gasteiger partial charge on any atom is -0.340 e. The molecule has 1 amide bonds. The molecule has 0 saturated carbocycles. The average Bonchev–Trinajstić information content (AvgIpc) is 2.53. The topological polar surface area (TPSA) is 23.6 Å². The number of benzene rings is 1. The molecule has 1 aliphatic rings. The van der Waals surface area contributed by atoms with Crippen molar-refractivity contribution in [2.75, 3.05) is 26.2 Å². The van der Waals surface area contributed by atoms with Crippen LogP contribution in [0.15, 0.2) is 30.3 Å². The Bertz CT molecular complexity index is 410. The predicted molar refractivity (Wildman–Crippen MR) is 82.5 cm³/mol. The summed E-state index contributed by atoms with van der Waals surface area (Å²) in [7, 11) is 0. The van der Waals surface area contributed by atoms with Gasteiger partial charge in [0.25, 0.3) is 0 Å². The summed E-state index contributed by atoms with van der Waals surface area (Å²) in [4.78, 5) is 16.5. The van der Waals surface area contributed by atoms with Crippen molar-refractivity contribution >= 4 is 5.91 Å². The van der Waals surface area contributed by atoms with Crippen molar-refractivity contribution < 1.29 is 4.79 Å². The van der Waals surface area contributed by atoms with E-state index in [9.17, 15) is 4.79 Å². The van der Waals surface area contributed by atoms with Crippen LogP contribution in [0.5, 0.6) is 0 Å². The second-order valence-corrected chi connectivity index (χ2v) is 5.61. The third-order valence-corrected chi connectivity index (χ3v) is 4.24. The highest BCUT2D eigenvalue weighted by molar-refractivity contribution is 5.76. The van der Waals surface area contributed by atoms with Crippen LogP contribution in [-0.2, 0) is 4.79 Å². The minimum atomic E-state index is 0.332. The van der Waals surface area contributed by atoms with Gasteiger partial charge in [-0.2, -0.15) is 0 Å². The molecule has 0 bridgehead atoms. The standard InChI is InChI=1S/C17H26N2O/c1-3-4-10-17(20)19-13-11-18(12-14-19)15(2)16-8-6-5-7-9-16/h5-9,15H,3-4,10-14H2,1-2H3. The van der Waals surface area contributed by atoms with E-state index >= 15 is 0 Å². The lowest BCUT2D eigenvalue weighted by molar-refractivity contribution is -0.133. The van der Waals surface area contributed by atoms with Gasteiger partial charge in [0.05, 0.1) is 0 Å². The van der Waals surface area contributed by atoms with E-state index in [1.54, 1.807) is 0 Å². The smallest absolute Gasteiger partial charge is 0.222 e. The van der Waals surface area contributed by atoms with E-state index in [0.29, 0.717) is 18.4 Å². The van der Waals surface area contributed by atoms with Gasteiger partial charge in [-0.05, 0) is 18.9 Å². The van der Waals surface area contributed by atoms with Crippen LogP contribution in [0.25, 0.3) is 0 Å². The van der Waals surface area contributed by atoms with Crippen molar-refractivity contribution in [2.24, 2.45) is 0 Å². The highest BCUT2D eigenvalue weighted by Gasteiger charge is 2.24. The molecule has 1 saturated heterocycles. The molecular formula is C17H26N2O. The molecule has 0 N–H and O–H groups in total. The number of amides is 1. The highest BCUT2D eigenvalue weighted by atomic mass is 16.2. The highest BCUT2D eigenvalue weighted by Crippen LogP contribution is 2.21. The van der Waals surface area contributed by atoms with E-state index in [-0.39, 0.29) is 0 Å². The Morgan fingerprint density at radius 2 is 1.80 bits per heavy atom. The van der Waals surface area contributed by atoms with Crippen molar-refractivity contribution in [1.82, 2.24) is 9.80 Å². The Morgan fingerprint density at radius 1 is 1.15 bits per heavy atom. The summed E-state index contributed by atoms with van der Waals surface area (Å²) in [6, 6.07) is 11.0. The van der Waals surface area contributed by atoms with Crippen LogP contribution in [-0.4, -0.2) is 41.9 Å². The second-order valence-electron chi connectivity index (χ2n) is 5.61. The SMILES string of the molecule is CCCCC(=O)N1CCN(C(C)c2ccccc2)CC1. The van der Waals surface area contributed by atoms with Crippen molar-refractivity contribution in [2.45, 2.75) is 39.2 Å². The van der Waals surface area contributed by atoms with Crippen molar-refractivity contribution in [1.29, 1.82) is 0 Å². The molecule has 1 aromatic rings. The van der Waals surface area contributed by atoms with E-state index in [2.05, 4.69) is 49.1 Å². The maximum atomic E-state index is 12.0. The molecule has 0 spiro atoms. The van der Waals surface area contributed by atoms with Gasteiger partial charge in [0, 0.05) is 38.6 Å². The van der Waals surface area contributed by atoms with Gasteiger partial charge in [0.2, 0.25) is 5.91 Å². The van der Waals surface area contributed by atoms with Crippen LogP contribution in [0.4, 0.5) is 0 Å². The summed E-state index contributed by atoms with van der Waals surface area (Å²) in [6.07, 6.45) is 2.82. The van der Waals surface area contributed by atoms with Gasteiger partial charge < -0.3 is 4.90 Å². The zero-order valence-corrected chi connectivity index (χ0v) is 12.7. The zero-order chi connectivity index (χ0) is 14.4. The van der Waals surface area contributed by atoms with E-state index in [1.165, 1.54) is 5.56 Å². The summed E-state index contributed by atoms with van der Waals surface area (Å²) in [5, 5.41) is 0. The molecule has 1 aliphatic heterocycles. The first-order valence-electron chi connectivity index (χ1n) is 7.79. The summed E-state index contributed by atoms with van der Waals surface area (Å²) in [5.74, 6) is 0.332. The first-order chi connectivity index (χ1) is 9.72. The summed E-state index contributed by atoms with van der Waals surface area (Å²) in [6.45, 7) is 8.10. The van der Waals surface area contributed by atoms with Crippen LogP contribution in [0.1, 0.15) is 44.7 Å². The third-order valence-electron chi connectivity index (χ3n) is 4.24. The maximum absolute atomic E-state index is 12.0. The predicted octanol–water partition coefficient (Wildman–Crippen LogP) is 3.08. The van der Waals surface area contributed by atoms with E-state index in [0.717, 1.165) is 39.0 Å². The lowest BCUT2D eigenvalue weighted by atomic mass is 10.1. The van der Waals surface area contributed by atoms with E-state index < -0.39 is 0 Å². The summed E-state index contributed by atoms with van der Waals surface area (Å²) >= 11 is 0. The van der Waals surface area contributed by atoms with Gasteiger partial charge in [-0.25, -0.2) is 0 Å². The van der Waals surface area contributed by atoms with Crippen LogP contribution < -0.4 is 0 Å². The molecule has 1 fully saturated rings. The van der Waals surface area contributed by atoms with Gasteiger partial charge in [-0.1, -0.05) is 43.7 Å². The molecule has 2 rings (SSSR count). The lowest BCUT2D eigenvalue weighted by Crippen LogP contribution is -2.49. The van der Waals surface area contributed by atoms with Gasteiger partial charge in [-0.15, -0.1) is 0 Å². The molecular weight excluding hydrogens is 248 g/mol. The number of nitrogens with zero attached hydrogens (tertiary/aromatic N) is 2. The van der Waals surface area contributed by atoms with Crippen LogP contribution in [0, 0.1) is 0 Å². The lowest BCUT2D eigenvalue weighted by Gasteiger charge is -2.38. The maximum Gasteiger partial charge on any atom is 0.222 e. The molecule has 0 aromatic heterocycles. The second kappa shape index (κ2) is 7.44. The van der Waals surface area contributed by atoms with Crippen LogP contribution >= 0.6 is 0 Å². The number of hydrogen-bond donors (Lipinski definition) is 0. The fraction of sp³-hybridized carbons (Fsp3) is 0.588. The molecule has 1 aromatic carbocycles. The Kier molecular flexibility index (Phi) is 5.60. The van der Waals surface area contributed by atoms with Gasteiger partial charge in [-0.3, -0.25) is 9.69 Å². The third kappa shape index (κ3) is 3.83. The average molecular weight is 274 g/mol. The minimum absolute atomic E-state index is 0.332. The number of unbranched alkanes of at least 4 members (excludes halogenated alkanes) is 1. The summed E-state index contributed by atoms with van der Waals surface area (Å²) in [5.41, 5.74) is 1.36. The van der Waals surface area contributed by atoms with Crippen molar-refractivity contribution in [3.63, 3.8) is 0 Å². The first-order valence-corrected chi connectivity index (χ1v) is 7.79. The van der Waals surface area contributed by atoms with Crippen molar-refractivity contribution in [3.8, 4) is 0 Å². The molecule has 1 unspecified atom stereocenters. The largest absolute Gasteiger partial charge is 0.340 e. The molecule has 110 valence electrons. The van der Waals surface area contributed by atoms with E-state index in [1.807, 2.05) is 4.90 Å². The number of hydrogen-bond acceptors (Lipinski definition) is 2. The normalized spacial score (nSPS) is 18.0. The van der Waals surface area contributed by atoms with Gasteiger partial charge >= 0.3 is 0 Å². The molecule has 3 nitrogen and oxygen atoms in total. The fourth-order valence-electron chi connectivity index (χ4n) is 2.79.